The SMILES string of the molecule is COc1ccc(NCc2cnn(C)c2)c(C(F)(F)F)c1. The summed E-state index contributed by atoms with van der Waals surface area (Å²) < 4.78 is 45.4. The Morgan fingerprint density at radius 2 is 2.10 bits per heavy atom. The summed E-state index contributed by atoms with van der Waals surface area (Å²) in [6.45, 7) is 0.267. The molecule has 0 unspecified atom stereocenters. The maximum absolute atomic E-state index is 13.0. The van der Waals surface area contributed by atoms with Crippen LogP contribution in [0.25, 0.3) is 0 Å². The van der Waals surface area contributed by atoms with E-state index in [9.17, 15) is 13.2 Å². The minimum Gasteiger partial charge on any atom is -0.497 e. The highest BCUT2D eigenvalue weighted by Gasteiger charge is 2.34. The van der Waals surface area contributed by atoms with Crippen molar-refractivity contribution in [3.8, 4) is 5.75 Å². The average Bonchev–Trinajstić information content (AvgIpc) is 2.81. The maximum atomic E-state index is 13.0. The predicted molar refractivity (Wildman–Crippen MR) is 68.5 cm³/mol. The summed E-state index contributed by atoms with van der Waals surface area (Å²) in [5.74, 6) is 0.171. The van der Waals surface area contributed by atoms with E-state index in [4.69, 9.17) is 4.74 Å². The second-order valence-electron chi connectivity index (χ2n) is 4.29. The second-order valence-corrected chi connectivity index (χ2v) is 4.29. The highest BCUT2D eigenvalue weighted by Crippen LogP contribution is 2.37. The molecule has 7 heteroatoms. The highest BCUT2D eigenvalue weighted by atomic mass is 19.4. The molecule has 0 atom stereocenters. The zero-order valence-corrected chi connectivity index (χ0v) is 11.0. The number of halogens is 3. The Kier molecular flexibility index (Phi) is 3.87. The van der Waals surface area contributed by atoms with Crippen molar-refractivity contribution in [1.29, 1.82) is 0 Å². The van der Waals surface area contributed by atoms with Crippen LogP contribution in [0.2, 0.25) is 0 Å². The van der Waals surface area contributed by atoms with E-state index < -0.39 is 11.7 Å². The van der Waals surface area contributed by atoms with Gasteiger partial charge in [-0.05, 0) is 18.2 Å². The zero-order chi connectivity index (χ0) is 14.8. The van der Waals surface area contributed by atoms with E-state index in [2.05, 4.69) is 10.4 Å². The van der Waals surface area contributed by atoms with E-state index in [1.807, 2.05) is 0 Å². The number of alkyl halides is 3. The molecule has 4 nitrogen and oxygen atoms in total. The van der Waals surface area contributed by atoms with E-state index in [1.54, 1.807) is 24.1 Å². The van der Waals surface area contributed by atoms with Gasteiger partial charge in [0.05, 0.1) is 18.9 Å². The van der Waals surface area contributed by atoms with Crippen LogP contribution in [0.1, 0.15) is 11.1 Å². The van der Waals surface area contributed by atoms with Crippen molar-refractivity contribution < 1.29 is 17.9 Å². The predicted octanol–water partition coefficient (Wildman–Crippen LogP) is 3.06. The summed E-state index contributed by atoms with van der Waals surface area (Å²) in [5.41, 5.74) is 0.0688. The van der Waals surface area contributed by atoms with Gasteiger partial charge in [-0.3, -0.25) is 4.68 Å². The van der Waals surface area contributed by atoms with Gasteiger partial charge in [0, 0.05) is 31.0 Å². The molecule has 0 fully saturated rings. The van der Waals surface area contributed by atoms with Crippen molar-refractivity contribution in [1.82, 2.24) is 9.78 Å². The van der Waals surface area contributed by atoms with Crippen LogP contribution < -0.4 is 10.1 Å². The minimum atomic E-state index is -4.44. The smallest absolute Gasteiger partial charge is 0.418 e. The summed E-state index contributed by atoms with van der Waals surface area (Å²) in [6, 6.07) is 3.82. The summed E-state index contributed by atoms with van der Waals surface area (Å²) in [7, 11) is 3.08. The van der Waals surface area contributed by atoms with Gasteiger partial charge in [0.2, 0.25) is 0 Å². The van der Waals surface area contributed by atoms with Crippen molar-refractivity contribution in [3.05, 3.63) is 41.7 Å². The largest absolute Gasteiger partial charge is 0.497 e. The lowest BCUT2D eigenvalue weighted by molar-refractivity contribution is -0.137. The molecular weight excluding hydrogens is 271 g/mol. The number of hydrogen-bond donors (Lipinski definition) is 1. The first-order chi connectivity index (χ1) is 9.40. The number of hydrogen-bond acceptors (Lipinski definition) is 3. The van der Waals surface area contributed by atoms with Crippen LogP contribution in [-0.2, 0) is 19.8 Å². The molecule has 0 radical (unpaired) electrons. The number of anilines is 1. The van der Waals surface area contributed by atoms with E-state index >= 15 is 0 Å². The van der Waals surface area contributed by atoms with Crippen molar-refractivity contribution in [2.45, 2.75) is 12.7 Å². The summed E-state index contributed by atoms with van der Waals surface area (Å²) >= 11 is 0. The molecule has 0 amide bonds. The summed E-state index contributed by atoms with van der Waals surface area (Å²) in [4.78, 5) is 0. The molecule has 1 heterocycles. The average molecular weight is 285 g/mol. The molecule has 1 aromatic heterocycles. The van der Waals surface area contributed by atoms with Crippen LogP contribution in [-0.4, -0.2) is 16.9 Å². The number of benzene rings is 1. The summed E-state index contributed by atoms with van der Waals surface area (Å²) in [6.07, 6.45) is -1.10. The number of nitrogens with one attached hydrogen (secondary N) is 1. The number of aryl methyl sites for hydroxylation is 1. The highest BCUT2D eigenvalue weighted by molar-refractivity contribution is 5.55. The zero-order valence-electron chi connectivity index (χ0n) is 11.0. The lowest BCUT2D eigenvalue weighted by Gasteiger charge is -2.15. The van der Waals surface area contributed by atoms with Gasteiger partial charge in [0.25, 0.3) is 0 Å². The van der Waals surface area contributed by atoms with Gasteiger partial charge >= 0.3 is 6.18 Å². The molecule has 0 saturated heterocycles. The van der Waals surface area contributed by atoms with Crippen LogP contribution in [0, 0.1) is 0 Å². The van der Waals surface area contributed by atoms with Crippen LogP contribution >= 0.6 is 0 Å². The lowest BCUT2D eigenvalue weighted by Crippen LogP contribution is -2.11. The fourth-order valence-corrected chi connectivity index (χ4v) is 1.80. The molecule has 0 bridgehead atoms. The molecule has 0 aliphatic carbocycles. The van der Waals surface area contributed by atoms with Crippen molar-refractivity contribution in [2.75, 3.05) is 12.4 Å². The van der Waals surface area contributed by atoms with Gasteiger partial charge < -0.3 is 10.1 Å². The fraction of sp³-hybridized carbons (Fsp3) is 0.308. The first kappa shape index (κ1) is 14.2. The maximum Gasteiger partial charge on any atom is 0.418 e. The third kappa shape index (κ3) is 3.23. The molecule has 0 spiro atoms. The van der Waals surface area contributed by atoms with Crippen LogP contribution in [0.4, 0.5) is 18.9 Å². The number of ether oxygens (including phenoxy) is 1. The Morgan fingerprint density at radius 1 is 1.35 bits per heavy atom. The van der Waals surface area contributed by atoms with Crippen molar-refractivity contribution in [3.63, 3.8) is 0 Å². The van der Waals surface area contributed by atoms with Gasteiger partial charge in [-0.25, -0.2) is 0 Å². The molecule has 1 aromatic carbocycles. The molecule has 0 aliphatic heterocycles. The Bertz CT molecular complexity index is 593. The third-order valence-electron chi connectivity index (χ3n) is 2.77. The molecule has 2 rings (SSSR count). The van der Waals surface area contributed by atoms with Crippen LogP contribution in [0.3, 0.4) is 0 Å². The number of nitrogens with zero attached hydrogens (tertiary/aromatic N) is 2. The molecule has 1 N–H and O–H groups in total. The number of methoxy groups -OCH3 is 1. The Labute approximate surface area is 114 Å². The lowest BCUT2D eigenvalue weighted by atomic mass is 10.1. The Morgan fingerprint density at radius 3 is 2.65 bits per heavy atom. The molecule has 108 valence electrons. The fourth-order valence-electron chi connectivity index (χ4n) is 1.80. The van der Waals surface area contributed by atoms with E-state index in [1.165, 1.54) is 19.2 Å². The molecule has 0 saturated carbocycles. The van der Waals surface area contributed by atoms with Crippen molar-refractivity contribution >= 4 is 5.69 Å². The van der Waals surface area contributed by atoms with E-state index in [-0.39, 0.29) is 18.0 Å². The van der Waals surface area contributed by atoms with Gasteiger partial charge in [0.1, 0.15) is 5.75 Å². The first-order valence-electron chi connectivity index (χ1n) is 5.87. The number of rotatable bonds is 4. The molecule has 20 heavy (non-hydrogen) atoms. The summed E-state index contributed by atoms with van der Waals surface area (Å²) in [5, 5.41) is 6.73. The van der Waals surface area contributed by atoms with E-state index in [0.29, 0.717) is 0 Å². The second kappa shape index (κ2) is 5.44. The van der Waals surface area contributed by atoms with Crippen LogP contribution in [0.15, 0.2) is 30.6 Å². The molecular formula is C13H14F3N3O. The molecule has 0 aliphatic rings. The quantitative estimate of drug-likeness (QED) is 0.938. The van der Waals surface area contributed by atoms with Gasteiger partial charge in [0.15, 0.2) is 0 Å². The van der Waals surface area contributed by atoms with Crippen molar-refractivity contribution in [2.24, 2.45) is 7.05 Å². The third-order valence-corrected chi connectivity index (χ3v) is 2.77. The number of aromatic nitrogens is 2. The van der Waals surface area contributed by atoms with Gasteiger partial charge in [-0.1, -0.05) is 0 Å². The molecule has 2 aromatic rings. The Hall–Kier alpha value is -2.18. The van der Waals surface area contributed by atoms with E-state index in [0.717, 1.165) is 11.6 Å². The van der Waals surface area contributed by atoms with Gasteiger partial charge in [-0.2, -0.15) is 18.3 Å². The topological polar surface area (TPSA) is 39.1 Å². The standard InChI is InChI=1S/C13H14F3N3O/c1-19-8-9(7-18-19)6-17-12-4-3-10(20-2)5-11(12)13(14,15)16/h3-5,7-8,17H,6H2,1-2H3. The Balaban J connectivity index is 2.22. The van der Waals surface area contributed by atoms with Crippen LogP contribution in [0.5, 0.6) is 5.75 Å². The normalized spacial score (nSPS) is 11.4. The van der Waals surface area contributed by atoms with Gasteiger partial charge in [-0.15, -0.1) is 0 Å². The minimum absolute atomic E-state index is 0.0159. The monoisotopic (exact) mass is 285 g/mol. The first-order valence-corrected chi connectivity index (χ1v) is 5.87.